The monoisotopic (exact) mass is 508 g/mol. The van der Waals surface area contributed by atoms with E-state index in [1.165, 1.54) is 37.0 Å². The van der Waals surface area contributed by atoms with Gasteiger partial charge < -0.3 is 15.1 Å². The molecule has 0 spiro atoms. The van der Waals surface area contributed by atoms with E-state index in [-0.39, 0.29) is 23.9 Å². The lowest BCUT2D eigenvalue weighted by Gasteiger charge is -2.33. The maximum Gasteiger partial charge on any atom is 0.254 e. The number of benzene rings is 1. The van der Waals surface area contributed by atoms with Crippen LogP contribution in [-0.2, 0) is 11.3 Å². The molecule has 6 nitrogen and oxygen atoms in total. The van der Waals surface area contributed by atoms with E-state index in [1.54, 1.807) is 11.3 Å². The van der Waals surface area contributed by atoms with Crippen LogP contribution in [-0.4, -0.2) is 77.9 Å². The highest BCUT2D eigenvalue weighted by atomic mass is 32.1. The number of piperazine rings is 1. The van der Waals surface area contributed by atoms with Crippen LogP contribution in [0.4, 0.5) is 0 Å². The summed E-state index contributed by atoms with van der Waals surface area (Å²) < 4.78 is 0. The molecule has 1 saturated carbocycles. The van der Waals surface area contributed by atoms with Crippen LogP contribution in [0.25, 0.3) is 0 Å². The van der Waals surface area contributed by atoms with Crippen molar-refractivity contribution in [1.82, 2.24) is 20.0 Å². The topological polar surface area (TPSA) is 55.9 Å². The Bertz CT molecular complexity index is 997. The molecule has 5 rings (SSSR count). The largest absolute Gasteiger partial charge is 0.338 e. The van der Waals surface area contributed by atoms with Crippen molar-refractivity contribution in [2.45, 2.75) is 64.1 Å². The number of carbonyl (C=O) groups excluding carboxylic acids is 2. The molecule has 194 valence electrons. The molecule has 1 N–H and O–H groups in total. The van der Waals surface area contributed by atoms with Crippen molar-refractivity contribution in [3.8, 4) is 0 Å². The minimum atomic E-state index is -0.390. The summed E-state index contributed by atoms with van der Waals surface area (Å²) in [5.41, 5.74) is 1.81. The van der Waals surface area contributed by atoms with Gasteiger partial charge in [0.2, 0.25) is 5.91 Å². The Balaban J connectivity index is 1.39. The number of amides is 2. The molecule has 1 aliphatic carbocycles. The second-order valence-corrected chi connectivity index (χ2v) is 11.8. The normalized spacial score (nSPS) is 23.4. The molecule has 3 aliphatic rings. The maximum absolute atomic E-state index is 13.8. The molecule has 2 unspecified atom stereocenters. The number of thiophene rings is 1. The fourth-order valence-corrected chi connectivity index (χ4v) is 6.87. The third-order valence-corrected chi connectivity index (χ3v) is 9.09. The Kier molecular flexibility index (Phi) is 8.40. The zero-order chi connectivity index (χ0) is 24.9. The zero-order valence-corrected chi connectivity index (χ0v) is 22.3. The van der Waals surface area contributed by atoms with Gasteiger partial charge in [-0.1, -0.05) is 43.0 Å². The van der Waals surface area contributed by atoms with Gasteiger partial charge in [-0.3, -0.25) is 14.5 Å². The fourth-order valence-electron chi connectivity index (χ4n) is 6.14. The van der Waals surface area contributed by atoms with E-state index >= 15 is 0 Å². The first kappa shape index (κ1) is 25.4. The van der Waals surface area contributed by atoms with E-state index in [1.807, 2.05) is 41.0 Å². The lowest BCUT2D eigenvalue weighted by atomic mass is 9.88. The highest BCUT2D eigenvalue weighted by Crippen LogP contribution is 2.31. The highest BCUT2D eigenvalue weighted by molar-refractivity contribution is 7.09. The number of rotatable bonds is 7. The third-order valence-electron chi connectivity index (χ3n) is 8.22. The molecule has 7 heteroatoms. The van der Waals surface area contributed by atoms with Gasteiger partial charge in [0.1, 0.15) is 6.04 Å². The molecule has 3 heterocycles. The van der Waals surface area contributed by atoms with Gasteiger partial charge in [-0.15, -0.1) is 11.3 Å². The SMILES string of the molecule is Cc1ccc(C(=O)N2CC(N(Cc3cccs3)CC3CCCCC3)CC2C(=O)N2CCNCC2)cc1. The van der Waals surface area contributed by atoms with Gasteiger partial charge in [0.15, 0.2) is 0 Å². The average Bonchev–Trinajstić information content (AvgIpc) is 3.59. The molecule has 2 saturated heterocycles. The molecule has 2 amide bonds. The molecular formula is C29H40N4O2S. The van der Waals surface area contributed by atoms with Crippen molar-refractivity contribution in [1.29, 1.82) is 0 Å². The van der Waals surface area contributed by atoms with Crippen molar-refractivity contribution in [3.63, 3.8) is 0 Å². The van der Waals surface area contributed by atoms with E-state index in [4.69, 9.17) is 0 Å². The van der Waals surface area contributed by atoms with E-state index < -0.39 is 0 Å². The predicted octanol–water partition coefficient (Wildman–Crippen LogP) is 4.15. The number of nitrogens with one attached hydrogen (secondary N) is 1. The molecule has 2 aliphatic heterocycles. The average molecular weight is 509 g/mol. The molecule has 36 heavy (non-hydrogen) atoms. The molecule has 2 atom stereocenters. The van der Waals surface area contributed by atoms with Crippen LogP contribution in [0.15, 0.2) is 41.8 Å². The molecule has 3 fully saturated rings. The summed E-state index contributed by atoms with van der Waals surface area (Å²) in [5, 5.41) is 5.49. The lowest BCUT2D eigenvalue weighted by Crippen LogP contribution is -2.53. The van der Waals surface area contributed by atoms with Gasteiger partial charge in [-0.05, 0) is 55.7 Å². The van der Waals surface area contributed by atoms with E-state index in [0.717, 1.165) is 38.2 Å². The third kappa shape index (κ3) is 6.01. The van der Waals surface area contributed by atoms with Crippen LogP contribution in [0, 0.1) is 12.8 Å². The van der Waals surface area contributed by atoms with Crippen LogP contribution >= 0.6 is 11.3 Å². The molecule has 0 radical (unpaired) electrons. The van der Waals surface area contributed by atoms with Gasteiger partial charge in [0.25, 0.3) is 5.91 Å². The second kappa shape index (κ2) is 11.9. The smallest absolute Gasteiger partial charge is 0.254 e. The van der Waals surface area contributed by atoms with Crippen LogP contribution in [0.5, 0.6) is 0 Å². The van der Waals surface area contributed by atoms with Crippen molar-refractivity contribution in [3.05, 3.63) is 57.8 Å². The Morgan fingerprint density at radius 1 is 1.06 bits per heavy atom. The first-order valence-corrected chi connectivity index (χ1v) is 14.6. The minimum absolute atomic E-state index is 0.0141. The number of hydrogen-bond donors (Lipinski definition) is 1. The molecule has 1 aromatic heterocycles. The standard InChI is InChI=1S/C29H40N4O2S/c1-22-9-11-24(12-10-22)28(34)33-20-25(18-27(33)29(35)31-15-13-30-14-16-31)32(21-26-8-5-17-36-26)19-23-6-3-2-4-7-23/h5,8-12,17,23,25,27,30H,2-4,6-7,13-16,18-21H2,1H3. The first-order valence-electron chi connectivity index (χ1n) is 13.7. The summed E-state index contributed by atoms with van der Waals surface area (Å²) in [6.07, 6.45) is 7.31. The van der Waals surface area contributed by atoms with Crippen LogP contribution in [0.1, 0.15) is 59.3 Å². The van der Waals surface area contributed by atoms with Gasteiger partial charge in [-0.2, -0.15) is 0 Å². The summed E-state index contributed by atoms with van der Waals surface area (Å²) in [7, 11) is 0. The number of likely N-dealkylation sites (tertiary alicyclic amines) is 1. The zero-order valence-electron chi connectivity index (χ0n) is 21.5. The summed E-state index contributed by atoms with van der Waals surface area (Å²) in [6, 6.07) is 11.9. The highest BCUT2D eigenvalue weighted by Gasteiger charge is 2.44. The Morgan fingerprint density at radius 2 is 1.81 bits per heavy atom. The van der Waals surface area contributed by atoms with Crippen molar-refractivity contribution in [2.75, 3.05) is 39.3 Å². The van der Waals surface area contributed by atoms with E-state index in [0.29, 0.717) is 31.1 Å². The first-order chi connectivity index (χ1) is 17.6. The Morgan fingerprint density at radius 3 is 2.50 bits per heavy atom. The van der Waals surface area contributed by atoms with Crippen LogP contribution in [0.3, 0.4) is 0 Å². The summed E-state index contributed by atoms with van der Waals surface area (Å²) in [6.45, 7) is 7.68. The van der Waals surface area contributed by atoms with Crippen LogP contribution in [0.2, 0.25) is 0 Å². The van der Waals surface area contributed by atoms with Crippen molar-refractivity contribution in [2.24, 2.45) is 5.92 Å². The minimum Gasteiger partial charge on any atom is -0.338 e. The lowest BCUT2D eigenvalue weighted by molar-refractivity contribution is -0.135. The molecule has 0 bridgehead atoms. The number of nitrogens with zero attached hydrogens (tertiary/aromatic N) is 3. The summed E-state index contributed by atoms with van der Waals surface area (Å²) >= 11 is 1.80. The van der Waals surface area contributed by atoms with Crippen molar-refractivity contribution >= 4 is 23.2 Å². The Hall–Kier alpha value is -2.22. The van der Waals surface area contributed by atoms with Gasteiger partial charge in [0.05, 0.1) is 0 Å². The number of aryl methyl sites for hydroxylation is 1. The summed E-state index contributed by atoms with van der Waals surface area (Å²) in [5.74, 6) is 0.816. The Labute approximate surface area is 219 Å². The molecule has 2 aromatic rings. The molecule has 1 aromatic carbocycles. The van der Waals surface area contributed by atoms with Gasteiger partial charge >= 0.3 is 0 Å². The fraction of sp³-hybridized carbons (Fsp3) is 0.586. The van der Waals surface area contributed by atoms with Gasteiger partial charge in [0, 0.05) is 62.3 Å². The van der Waals surface area contributed by atoms with Gasteiger partial charge in [-0.25, -0.2) is 0 Å². The number of carbonyl (C=O) groups is 2. The molecular weight excluding hydrogens is 468 g/mol. The number of hydrogen-bond acceptors (Lipinski definition) is 5. The maximum atomic E-state index is 13.8. The second-order valence-electron chi connectivity index (χ2n) is 10.8. The summed E-state index contributed by atoms with van der Waals surface area (Å²) in [4.78, 5) is 35.3. The predicted molar refractivity (Wildman–Crippen MR) is 145 cm³/mol. The van der Waals surface area contributed by atoms with Crippen molar-refractivity contribution < 1.29 is 9.59 Å². The van der Waals surface area contributed by atoms with Crippen LogP contribution < -0.4 is 5.32 Å². The quantitative estimate of drug-likeness (QED) is 0.610. The van der Waals surface area contributed by atoms with E-state index in [2.05, 4.69) is 27.7 Å². The van der Waals surface area contributed by atoms with E-state index in [9.17, 15) is 9.59 Å².